The molecule has 0 aliphatic carbocycles. The van der Waals surface area contributed by atoms with Crippen LogP contribution in [0.1, 0.15) is 36.2 Å². The van der Waals surface area contributed by atoms with Crippen LogP contribution in [0.4, 0.5) is 0 Å². The molecule has 2 N–H and O–H groups in total. The second-order valence-electron chi connectivity index (χ2n) is 5.20. The maximum Gasteiger partial charge on any atom is 0.335 e. The Labute approximate surface area is 115 Å². The zero-order chi connectivity index (χ0) is 14.3. The van der Waals surface area contributed by atoms with Gasteiger partial charge in [0, 0.05) is 12.6 Å². The van der Waals surface area contributed by atoms with Crippen LogP contribution in [0.5, 0.6) is 0 Å². The fourth-order valence-corrected chi connectivity index (χ4v) is 2.84. The van der Waals surface area contributed by atoms with E-state index in [9.17, 15) is 9.59 Å². The summed E-state index contributed by atoms with van der Waals surface area (Å²) in [6.07, 6.45) is 1.70. The topological polar surface area (TPSA) is 84.3 Å². The molecule has 0 amide bonds. The highest BCUT2D eigenvalue weighted by Gasteiger charge is 2.24. The van der Waals surface area contributed by atoms with Gasteiger partial charge >= 0.3 is 11.7 Å². The lowest BCUT2D eigenvalue weighted by molar-refractivity contribution is 0.00615. The van der Waals surface area contributed by atoms with Crippen LogP contribution in [-0.4, -0.2) is 33.3 Å². The molecule has 1 aromatic heterocycles. The third kappa shape index (κ3) is 2.12. The second kappa shape index (κ2) is 4.79. The van der Waals surface area contributed by atoms with Crippen molar-refractivity contribution >= 4 is 17.0 Å². The summed E-state index contributed by atoms with van der Waals surface area (Å²) in [5.41, 5.74) is 1.29. The van der Waals surface area contributed by atoms with Crippen molar-refractivity contribution in [2.24, 2.45) is 0 Å². The fraction of sp³-hybridized carbons (Fsp3) is 0.429. The number of ether oxygens (including phenoxy) is 1. The van der Waals surface area contributed by atoms with E-state index >= 15 is 0 Å². The van der Waals surface area contributed by atoms with Gasteiger partial charge in [0.05, 0.1) is 22.7 Å². The van der Waals surface area contributed by atoms with E-state index in [0.29, 0.717) is 12.1 Å². The van der Waals surface area contributed by atoms with Crippen LogP contribution >= 0.6 is 0 Å². The highest BCUT2D eigenvalue weighted by atomic mass is 16.5. The number of imidazole rings is 1. The molecule has 2 atom stereocenters. The third-order valence-electron chi connectivity index (χ3n) is 3.79. The number of aromatic nitrogens is 2. The number of carboxylic acid groups (broad SMARTS) is 1. The zero-order valence-corrected chi connectivity index (χ0v) is 11.1. The number of carbonyl (C=O) groups is 1. The molecule has 0 radical (unpaired) electrons. The molecule has 6 nitrogen and oxygen atoms in total. The minimum atomic E-state index is -1.000. The quantitative estimate of drug-likeness (QED) is 0.875. The van der Waals surface area contributed by atoms with E-state index in [1.54, 1.807) is 10.6 Å². The van der Waals surface area contributed by atoms with Gasteiger partial charge in [-0.25, -0.2) is 9.59 Å². The number of H-pyrrole nitrogens is 1. The summed E-state index contributed by atoms with van der Waals surface area (Å²) in [7, 11) is 0. The summed E-state index contributed by atoms with van der Waals surface area (Å²) in [5, 5.41) is 8.99. The van der Waals surface area contributed by atoms with Crippen LogP contribution in [-0.2, 0) is 4.74 Å². The maximum atomic E-state index is 12.1. The molecule has 1 aliphatic rings. The number of nitrogens with zero attached hydrogens (tertiary/aromatic N) is 1. The predicted molar refractivity (Wildman–Crippen MR) is 73.2 cm³/mol. The van der Waals surface area contributed by atoms with Gasteiger partial charge in [0.2, 0.25) is 0 Å². The summed E-state index contributed by atoms with van der Waals surface area (Å²) in [5.74, 6) is -1.000. The summed E-state index contributed by atoms with van der Waals surface area (Å²) >= 11 is 0. The Kier molecular flexibility index (Phi) is 3.10. The average molecular weight is 276 g/mol. The van der Waals surface area contributed by atoms with Crippen LogP contribution in [0.15, 0.2) is 23.0 Å². The molecule has 1 fully saturated rings. The molecule has 0 bridgehead atoms. The number of hydrogen-bond donors (Lipinski definition) is 2. The van der Waals surface area contributed by atoms with Crippen molar-refractivity contribution in [1.82, 2.24) is 9.55 Å². The standard InChI is InChI=1S/C14H16N2O4/c1-8-6-10(4-5-20-8)16-12-3-2-9(13(17)18)7-11(12)15-14(16)19/h2-3,7-8,10H,4-6H2,1H3,(H,15,19)(H,17,18). The van der Waals surface area contributed by atoms with Crippen molar-refractivity contribution < 1.29 is 14.6 Å². The molecule has 0 saturated carbocycles. The van der Waals surface area contributed by atoms with E-state index in [1.807, 2.05) is 6.92 Å². The Morgan fingerprint density at radius 3 is 3.00 bits per heavy atom. The van der Waals surface area contributed by atoms with Gasteiger partial charge in [0.1, 0.15) is 0 Å². The Bertz CT molecular complexity index is 716. The smallest absolute Gasteiger partial charge is 0.335 e. The average Bonchev–Trinajstić information content (AvgIpc) is 2.73. The monoisotopic (exact) mass is 276 g/mol. The number of nitrogens with one attached hydrogen (secondary N) is 1. The lowest BCUT2D eigenvalue weighted by Gasteiger charge is -2.28. The van der Waals surface area contributed by atoms with Gasteiger partial charge in [0.25, 0.3) is 0 Å². The van der Waals surface area contributed by atoms with Crippen molar-refractivity contribution in [2.45, 2.75) is 31.9 Å². The Hall–Kier alpha value is -2.08. The van der Waals surface area contributed by atoms with Crippen LogP contribution in [0, 0.1) is 0 Å². The predicted octanol–water partition coefficient (Wildman–Crippen LogP) is 1.77. The highest BCUT2D eigenvalue weighted by molar-refractivity contribution is 5.92. The number of carboxylic acids is 1. The molecule has 1 aromatic carbocycles. The van der Waals surface area contributed by atoms with E-state index < -0.39 is 5.97 Å². The van der Waals surface area contributed by atoms with Crippen molar-refractivity contribution in [1.29, 1.82) is 0 Å². The summed E-state index contributed by atoms with van der Waals surface area (Å²) in [4.78, 5) is 25.8. The van der Waals surface area contributed by atoms with Gasteiger partial charge in [-0.05, 0) is 38.0 Å². The van der Waals surface area contributed by atoms with Crippen molar-refractivity contribution in [3.05, 3.63) is 34.2 Å². The first-order valence-electron chi connectivity index (χ1n) is 6.65. The number of rotatable bonds is 2. The lowest BCUT2D eigenvalue weighted by atomic mass is 10.0. The maximum absolute atomic E-state index is 12.1. The molecule has 2 heterocycles. The van der Waals surface area contributed by atoms with Crippen molar-refractivity contribution in [3.8, 4) is 0 Å². The summed E-state index contributed by atoms with van der Waals surface area (Å²) in [6.45, 7) is 2.63. The van der Waals surface area contributed by atoms with Gasteiger partial charge < -0.3 is 14.8 Å². The number of benzene rings is 1. The molecule has 2 unspecified atom stereocenters. The van der Waals surface area contributed by atoms with Crippen LogP contribution in [0.25, 0.3) is 11.0 Å². The Balaban J connectivity index is 2.09. The van der Waals surface area contributed by atoms with Crippen LogP contribution < -0.4 is 5.69 Å². The van der Waals surface area contributed by atoms with Gasteiger partial charge in [-0.15, -0.1) is 0 Å². The highest BCUT2D eigenvalue weighted by Crippen LogP contribution is 2.27. The molecule has 0 spiro atoms. The zero-order valence-electron chi connectivity index (χ0n) is 11.1. The Morgan fingerprint density at radius 1 is 1.50 bits per heavy atom. The van der Waals surface area contributed by atoms with E-state index in [1.165, 1.54) is 12.1 Å². The van der Waals surface area contributed by atoms with Crippen molar-refractivity contribution in [3.63, 3.8) is 0 Å². The van der Waals surface area contributed by atoms with Crippen LogP contribution in [0.2, 0.25) is 0 Å². The number of hydrogen-bond acceptors (Lipinski definition) is 3. The molecule has 1 aliphatic heterocycles. The minimum absolute atomic E-state index is 0.0932. The molecular weight excluding hydrogens is 260 g/mol. The van der Waals surface area contributed by atoms with Gasteiger partial charge in [-0.3, -0.25) is 4.57 Å². The first-order valence-corrected chi connectivity index (χ1v) is 6.65. The normalized spacial score (nSPS) is 23.1. The molecule has 6 heteroatoms. The first kappa shape index (κ1) is 12.9. The molecular formula is C14H16N2O4. The van der Waals surface area contributed by atoms with E-state index in [4.69, 9.17) is 9.84 Å². The summed E-state index contributed by atoms with van der Waals surface area (Å²) in [6, 6.07) is 4.81. The SMILES string of the molecule is CC1CC(n2c(=O)[nH]c3cc(C(=O)O)ccc32)CCO1. The first-order chi connectivity index (χ1) is 9.56. The van der Waals surface area contributed by atoms with E-state index in [0.717, 1.165) is 18.4 Å². The molecule has 3 rings (SSSR count). The van der Waals surface area contributed by atoms with E-state index in [-0.39, 0.29) is 23.4 Å². The molecule has 20 heavy (non-hydrogen) atoms. The lowest BCUT2D eigenvalue weighted by Crippen LogP contribution is -2.30. The molecule has 106 valence electrons. The van der Waals surface area contributed by atoms with Crippen LogP contribution in [0.3, 0.4) is 0 Å². The van der Waals surface area contributed by atoms with Gasteiger partial charge in [-0.2, -0.15) is 0 Å². The second-order valence-corrected chi connectivity index (χ2v) is 5.20. The number of fused-ring (bicyclic) bond motifs is 1. The van der Waals surface area contributed by atoms with Gasteiger partial charge in [0.15, 0.2) is 0 Å². The number of aromatic amines is 1. The number of aromatic carboxylic acids is 1. The molecule has 1 saturated heterocycles. The van der Waals surface area contributed by atoms with Crippen molar-refractivity contribution in [2.75, 3.05) is 6.61 Å². The van der Waals surface area contributed by atoms with Gasteiger partial charge in [-0.1, -0.05) is 0 Å². The fourth-order valence-electron chi connectivity index (χ4n) is 2.84. The third-order valence-corrected chi connectivity index (χ3v) is 3.79. The Morgan fingerprint density at radius 2 is 2.30 bits per heavy atom. The summed E-state index contributed by atoms with van der Waals surface area (Å²) < 4.78 is 7.23. The van der Waals surface area contributed by atoms with E-state index in [2.05, 4.69) is 4.98 Å². The minimum Gasteiger partial charge on any atom is -0.478 e. The molecule has 2 aromatic rings. The largest absolute Gasteiger partial charge is 0.478 e.